The summed E-state index contributed by atoms with van der Waals surface area (Å²) in [6.07, 6.45) is 5.06. The summed E-state index contributed by atoms with van der Waals surface area (Å²) in [6.45, 7) is 13.8. The fourth-order valence-corrected chi connectivity index (χ4v) is 2.84. The van der Waals surface area contributed by atoms with Gasteiger partial charge in [-0.1, -0.05) is 31.7 Å². The Bertz CT molecular complexity index is 671. The van der Waals surface area contributed by atoms with Crippen LogP contribution in [0, 0.1) is 6.92 Å². The maximum atomic E-state index is 4.10. The molecule has 1 aromatic carbocycles. The lowest BCUT2D eigenvalue weighted by Crippen LogP contribution is -2.34. The van der Waals surface area contributed by atoms with Gasteiger partial charge < -0.3 is 20.9 Å². The van der Waals surface area contributed by atoms with Crippen LogP contribution in [-0.2, 0) is 6.54 Å². The molecule has 0 fully saturated rings. The second-order valence-corrected chi connectivity index (χ2v) is 6.27. The second-order valence-electron chi connectivity index (χ2n) is 6.27. The van der Waals surface area contributed by atoms with Crippen LogP contribution in [0.5, 0.6) is 0 Å². The molecule has 0 aliphatic carbocycles. The Balaban J connectivity index is 1.79. The largest absolute Gasteiger partial charge is 0.391 e. The van der Waals surface area contributed by atoms with Crippen LogP contribution in [-0.4, -0.2) is 17.6 Å². The molecule has 4 N–H and O–H groups in total. The van der Waals surface area contributed by atoms with Gasteiger partial charge in [-0.15, -0.1) is 0 Å². The van der Waals surface area contributed by atoms with Gasteiger partial charge in [0.25, 0.3) is 0 Å². The highest BCUT2D eigenvalue weighted by atomic mass is 15.1. The summed E-state index contributed by atoms with van der Waals surface area (Å²) in [6, 6.07) is 9.10. The molecule has 0 aliphatic rings. The first kappa shape index (κ1) is 18.0. The Hall–Kier alpha value is -2.36. The van der Waals surface area contributed by atoms with E-state index in [1.807, 2.05) is 0 Å². The summed E-state index contributed by atoms with van der Waals surface area (Å²) in [5, 5.41) is 11.3. The van der Waals surface area contributed by atoms with E-state index in [1.54, 1.807) is 6.20 Å². The molecule has 0 saturated carbocycles. The Morgan fingerprint density at radius 2 is 2.17 bits per heavy atom. The molecule has 0 bridgehead atoms. The molecule has 1 unspecified atom stereocenters. The lowest BCUT2D eigenvalue weighted by molar-refractivity contribution is 0.474. The molecule has 4 nitrogen and oxygen atoms in total. The SMILES string of the molecule is C=CNCCCC(CC)NC(=C)NCc1cc2cc(C)ccc2[nH]1. The van der Waals surface area contributed by atoms with E-state index < -0.39 is 0 Å². The zero-order chi connectivity index (χ0) is 17.4. The quantitative estimate of drug-likeness (QED) is 0.473. The smallest absolute Gasteiger partial charge is 0.0917 e. The number of nitrogens with one attached hydrogen (secondary N) is 4. The van der Waals surface area contributed by atoms with Crippen molar-refractivity contribution in [3.8, 4) is 0 Å². The van der Waals surface area contributed by atoms with Gasteiger partial charge in [0.2, 0.25) is 0 Å². The number of aryl methyl sites for hydroxylation is 1. The van der Waals surface area contributed by atoms with Crippen molar-refractivity contribution in [2.24, 2.45) is 0 Å². The van der Waals surface area contributed by atoms with Gasteiger partial charge in [0.15, 0.2) is 0 Å². The number of fused-ring (bicyclic) bond motifs is 1. The van der Waals surface area contributed by atoms with Crippen molar-refractivity contribution in [3.05, 3.63) is 60.7 Å². The van der Waals surface area contributed by atoms with E-state index in [0.717, 1.165) is 38.2 Å². The summed E-state index contributed by atoms with van der Waals surface area (Å²) in [7, 11) is 0. The fraction of sp³-hybridized carbons (Fsp3) is 0.400. The topological polar surface area (TPSA) is 51.9 Å². The third-order valence-corrected chi connectivity index (χ3v) is 4.21. The number of benzene rings is 1. The van der Waals surface area contributed by atoms with Gasteiger partial charge in [-0.3, -0.25) is 0 Å². The van der Waals surface area contributed by atoms with Crippen LogP contribution in [0.15, 0.2) is 49.4 Å². The Morgan fingerprint density at radius 1 is 1.33 bits per heavy atom. The summed E-state index contributed by atoms with van der Waals surface area (Å²) in [4.78, 5) is 3.44. The van der Waals surface area contributed by atoms with Crippen LogP contribution < -0.4 is 16.0 Å². The number of hydrogen-bond donors (Lipinski definition) is 4. The zero-order valence-corrected chi connectivity index (χ0v) is 14.9. The third kappa shape index (κ3) is 5.37. The van der Waals surface area contributed by atoms with Crippen LogP contribution in [0.25, 0.3) is 10.9 Å². The van der Waals surface area contributed by atoms with Crippen LogP contribution in [0.1, 0.15) is 37.4 Å². The highest BCUT2D eigenvalue weighted by Gasteiger charge is 2.07. The van der Waals surface area contributed by atoms with E-state index in [4.69, 9.17) is 0 Å². The Labute approximate surface area is 145 Å². The number of H-pyrrole nitrogens is 1. The molecule has 1 aromatic heterocycles. The van der Waals surface area contributed by atoms with Crippen molar-refractivity contribution < 1.29 is 0 Å². The molecular weight excluding hydrogens is 296 g/mol. The summed E-state index contributed by atoms with van der Waals surface area (Å²) in [5.41, 5.74) is 3.63. The standard InChI is InChI=1S/C20H30N4/c1-5-18(8-7-11-21-6-2)23-16(4)22-14-19-13-17-12-15(3)9-10-20(17)24-19/h6,9-10,12-13,18,21-24H,2,4-5,7-8,11,14H2,1,3H3. The average molecular weight is 326 g/mol. The predicted octanol–water partition coefficient (Wildman–Crippen LogP) is 3.92. The van der Waals surface area contributed by atoms with Gasteiger partial charge in [0.1, 0.15) is 0 Å². The first-order valence-corrected chi connectivity index (χ1v) is 8.74. The first-order valence-electron chi connectivity index (χ1n) is 8.74. The lowest BCUT2D eigenvalue weighted by atomic mass is 10.1. The van der Waals surface area contributed by atoms with Crippen LogP contribution >= 0.6 is 0 Å². The van der Waals surface area contributed by atoms with Gasteiger partial charge in [-0.25, -0.2) is 0 Å². The van der Waals surface area contributed by atoms with Crippen LogP contribution in [0.2, 0.25) is 0 Å². The zero-order valence-electron chi connectivity index (χ0n) is 14.9. The number of aromatic nitrogens is 1. The van der Waals surface area contributed by atoms with Crippen molar-refractivity contribution >= 4 is 10.9 Å². The Morgan fingerprint density at radius 3 is 2.92 bits per heavy atom. The van der Waals surface area contributed by atoms with Crippen molar-refractivity contribution in [1.29, 1.82) is 0 Å². The van der Waals surface area contributed by atoms with Gasteiger partial charge >= 0.3 is 0 Å². The molecule has 2 aromatic rings. The Kier molecular flexibility index (Phi) is 6.79. The molecule has 0 saturated heterocycles. The van der Waals surface area contributed by atoms with E-state index in [9.17, 15) is 0 Å². The average Bonchev–Trinajstić information content (AvgIpc) is 2.97. The first-order chi connectivity index (χ1) is 11.6. The number of hydrogen-bond acceptors (Lipinski definition) is 3. The monoisotopic (exact) mass is 326 g/mol. The highest BCUT2D eigenvalue weighted by Crippen LogP contribution is 2.17. The minimum absolute atomic E-state index is 0.446. The number of rotatable bonds is 11. The molecule has 0 radical (unpaired) electrons. The summed E-state index contributed by atoms with van der Waals surface area (Å²) < 4.78 is 0. The maximum Gasteiger partial charge on any atom is 0.0917 e. The van der Waals surface area contributed by atoms with E-state index in [2.05, 4.69) is 72.2 Å². The second kappa shape index (κ2) is 9.06. The van der Waals surface area contributed by atoms with Gasteiger partial charge in [-0.2, -0.15) is 0 Å². The molecule has 2 rings (SSSR count). The van der Waals surface area contributed by atoms with Crippen molar-refractivity contribution in [2.45, 2.75) is 45.7 Å². The summed E-state index contributed by atoms with van der Waals surface area (Å²) >= 11 is 0. The van der Waals surface area contributed by atoms with E-state index >= 15 is 0 Å². The van der Waals surface area contributed by atoms with Crippen molar-refractivity contribution in [2.75, 3.05) is 6.54 Å². The molecule has 24 heavy (non-hydrogen) atoms. The van der Waals surface area contributed by atoms with Gasteiger partial charge in [0.05, 0.1) is 12.4 Å². The van der Waals surface area contributed by atoms with E-state index in [1.165, 1.54) is 22.2 Å². The molecule has 1 atom stereocenters. The molecule has 130 valence electrons. The molecule has 0 spiro atoms. The number of aromatic amines is 1. The highest BCUT2D eigenvalue weighted by molar-refractivity contribution is 5.81. The molecule has 1 heterocycles. The third-order valence-electron chi connectivity index (χ3n) is 4.21. The normalized spacial score (nSPS) is 11.9. The van der Waals surface area contributed by atoms with E-state index in [0.29, 0.717) is 6.04 Å². The van der Waals surface area contributed by atoms with Crippen LogP contribution in [0.3, 0.4) is 0 Å². The maximum absolute atomic E-state index is 4.10. The molecule has 4 heteroatoms. The van der Waals surface area contributed by atoms with Crippen LogP contribution in [0.4, 0.5) is 0 Å². The molecule has 0 aliphatic heterocycles. The van der Waals surface area contributed by atoms with Crippen molar-refractivity contribution in [1.82, 2.24) is 20.9 Å². The molecular formula is C20H30N4. The van der Waals surface area contributed by atoms with E-state index in [-0.39, 0.29) is 0 Å². The summed E-state index contributed by atoms with van der Waals surface area (Å²) in [5.74, 6) is 0.883. The fourth-order valence-electron chi connectivity index (χ4n) is 2.84. The predicted molar refractivity (Wildman–Crippen MR) is 104 cm³/mol. The van der Waals surface area contributed by atoms with Gasteiger partial charge in [0, 0.05) is 23.8 Å². The minimum atomic E-state index is 0.446. The minimum Gasteiger partial charge on any atom is -0.391 e. The lowest BCUT2D eigenvalue weighted by Gasteiger charge is -2.20. The molecule has 0 amide bonds. The van der Waals surface area contributed by atoms with Gasteiger partial charge in [-0.05, 0) is 56.0 Å². The van der Waals surface area contributed by atoms with Crippen molar-refractivity contribution in [3.63, 3.8) is 0 Å².